The molecular formula is C37H38F2N4O6S. The van der Waals surface area contributed by atoms with Crippen molar-refractivity contribution in [2.45, 2.75) is 57.8 Å². The number of aryl methyl sites for hydroxylation is 3. The summed E-state index contributed by atoms with van der Waals surface area (Å²) in [4.78, 5) is 32.3. The largest absolute Gasteiger partial charge is 0.481 e. The highest BCUT2D eigenvalue weighted by Gasteiger charge is 2.40. The van der Waals surface area contributed by atoms with E-state index in [1.54, 1.807) is 43.6 Å². The molecule has 3 heterocycles. The predicted molar refractivity (Wildman–Crippen MR) is 184 cm³/mol. The average Bonchev–Trinajstić information content (AvgIpc) is 3.68. The minimum Gasteiger partial charge on any atom is -0.481 e. The molecule has 0 spiro atoms. The number of nitrogens with zero attached hydrogens (tertiary/aromatic N) is 3. The van der Waals surface area contributed by atoms with Gasteiger partial charge in [0.25, 0.3) is 0 Å². The second-order valence-corrected chi connectivity index (χ2v) is 16.0. The number of benzene rings is 3. The molecular weight excluding hydrogens is 666 g/mol. The number of H-pyrrole nitrogens is 1. The van der Waals surface area contributed by atoms with Crippen LogP contribution in [0.2, 0.25) is 0 Å². The summed E-state index contributed by atoms with van der Waals surface area (Å²) in [7, 11) is -2.09. The van der Waals surface area contributed by atoms with Crippen molar-refractivity contribution in [1.29, 1.82) is 0 Å². The van der Waals surface area contributed by atoms with Crippen molar-refractivity contribution in [3.63, 3.8) is 0 Å². The van der Waals surface area contributed by atoms with Crippen LogP contribution in [0.3, 0.4) is 0 Å². The van der Waals surface area contributed by atoms with Gasteiger partial charge in [0.1, 0.15) is 23.3 Å². The van der Waals surface area contributed by atoms with Crippen LogP contribution < -0.4 is 4.74 Å². The van der Waals surface area contributed by atoms with Crippen molar-refractivity contribution in [3.05, 3.63) is 94.9 Å². The van der Waals surface area contributed by atoms with E-state index in [0.717, 1.165) is 12.4 Å². The van der Waals surface area contributed by atoms with E-state index in [1.807, 2.05) is 13.8 Å². The van der Waals surface area contributed by atoms with Gasteiger partial charge in [-0.05, 0) is 66.5 Å². The summed E-state index contributed by atoms with van der Waals surface area (Å²) in [5.41, 5.74) is -0.0330. The lowest BCUT2D eigenvalue weighted by Gasteiger charge is -2.29. The van der Waals surface area contributed by atoms with Crippen LogP contribution in [0.5, 0.6) is 11.5 Å². The second kappa shape index (κ2) is 13.4. The van der Waals surface area contributed by atoms with E-state index < -0.39 is 38.3 Å². The Morgan fingerprint density at radius 1 is 1.10 bits per heavy atom. The molecule has 1 unspecified atom stereocenters. The molecule has 50 heavy (non-hydrogen) atoms. The summed E-state index contributed by atoms with van der Waals surface area (Å²) < 4.78 is 65.9. The topological polar surface area (TPSA) is 144 Å². The van der Waals surface area contributed by atoms with E-state index in [0.29, 0.717) is 40.4 Å². The van der Waals surface area contributed by atoms with E-state index in [1.165, 1.54) is 22.9 Å². The number of sulfone groups is 1. The van der Waals surface area contributed by atoms with Crippen molar-refractivity contribution in [2.24, 2.45) is 12.5 Å². The quantitative estimate of drug-likeness (QED) is 0.192. The number of aldehydes is 1. The maximum absolute atomic E-state index is 15.7. The van der Waals surface area contributed by atoms with Gasteiger partial charge < -0.3 is 19.6 Å². The molecule has 3 aromatic carbocycles. The standard InChI is InChI=1S/C37H38F2N4O6S/c1-36(2)14-5-15-37(21-44,24-7-4-6-23(18-24)8-11-32(45)46)35-41-34(43(3)42-35)28-19-25(9-10-29(28)38)49-33-27(13-17-50(47,48)22-36)26-12-16-40-31(26)20-30(33)39/h4,6-7,9-10,12,16,18-21,40H,5,8,11,13-15,17,22H2,1-3H3,(H,45,46). The Bertz CT molecular complexity index is 2210. The number of aromatic nitrogens is 4. The Kier molecular flexibility index (Phi) is 9.38. The summed E-state index contributed by atoms with van der Waals surface area (Å²) in [6, 6.07) is 13.9. The van der Waals surface area contributed by atoms with E-state index in [9.17, 15) is 23.1 Å². The number of carbonyl (C=O) groups excluding carboxylic acids is 1. The number of aromatic amines is 1. The van der Waals surface area contributed by atoms with Crippen molar-refractivity contribution >= 4 is 33.0 Å². The summed E-state index contributed by atoms with van der Waals surface area (Å²) in [5.74, 6) is -2.60. The first-order valence-electron chi connectivity index (χ1n) is 16.4. The molecule has 13 heteroatoms. The third-order valence-electron chi connectivity index (χ3n) is 9.40. The van der Waals surface area contributed by atoms with Gasteiger partial charge in [-0.3, -0.25) is 4.79 Å². The van der Waals surface area contributed by atoms with Gasteiger partial charge in [0.15, 0.2) is 33.1 Å². The molecule has 0 saturated carbocycles. The smallest absolute Gasteiger partial charge is 0.303 e. The van der Waals surface area contributed by atoms with Crippen molar-refractivity contribution in [3.8, 4) is 22.9 Å². The third kappa shape index (κ3) is 7.05. The van der Waals surface area contributed by atoms with Crippen LogP contribution in [-0.4, -0.2) is 57.0 Å². The molecule has 0 saturated heterocycles. The molecule has 5 aromatic rings. The first-order chi connectivity index (χ1) is 23.7. The van der Waals surface area contributed by atoms with Crippen LogP contribution in [0.15, 0.2) is 60.8 Å². The van der Waals surface area contributed by atoms with Crippen molar-refractivity contribution in [1.82, 2.24) is 19.7 Å². The number of rotatable bonds is 5. The monoisotopic (exact) mass is 704 g/mol. The molecule has 4 bridgehead atoms. The van der Waals surface area contributed by atoms with Crippen LogP contribution in [0.25, 0.3) is 22.3 Å². The Labute approximate surface area is 288 Å². The molecule has 0 radical (unpaired) electrons. The number of hydrogen-bond donors (Lipinski definition) is 2. The lowest BCUT2D eigenvalue weighted by atomic mass is 9.74. The lowest BCUT2D eigenvalue weighted by molar-refractivity contribution is -0.137. The third-order valence-corrected chi connectivity index (χ3v) is 11.4. The Hall–Kier alpha value is -4.91. The minimum atomic E-state index is -3.66. The van der Waals surface area contributed by atoms with Crippen LogP contribution in [0.1, 0.15) is 62.0 Å². The molecule has 2 N–H and O–H groups in total. The van der Waals surface area contributed by atoms with Gasteiger partial charge in [0.2, 0.25) is 0 Å². The van der Waals surface area contributed by atoms with Crippen molar-refractivity contribution < 1.29 is 36.6 Å². The molecule has 6 rings (SSSR count). The van der Waals surface area contributed by atoms with Gasteiger partial charge in [-0.2, -0.15) is 5.10 Å². The summed E-state index contributed by atoms with van der Waals surface area (Å²) in [5, 5.41) is 14.5. The van der Waals surface area contributed by atoms with Crippen LogP contribution in [0, 0.1) is 17.0 Å². The van der Waals surface area contributed by atoms with Gasteiger partial charge in [0, 0.05) is 42.2 Å². The van der Waals surface area contributed by atoms with Crippen LogP contribution in [0.4, 0.5) is 8.78 Å². The molecule has 0 fully saturated rings. The zero-order valence-electron chi connectivity index (χ0n) is 28.0. The fraction of sp³-hybridized carbons (Fsp3) is 0.351. The summed E-state index contributed by atoms with van der Waals surface area (Å²) >= 11 is 0. The first kappa shape index (κ1) is 34.9. The number of ether oxygens (including phenoxy) is 1. The molecule has 262 valence electrons. The SMILES string of the molecule is Cn1nc2nc1-c1cc(ccc1F)Oc1c(F)cc3[nH]ccc3c1CCS(=O)(=O)CC(C)(C)CCCC2(C=O)c1cccc(CCC(=O)O)c1. The van der Waals surface area contributed by atoms with Gasteiger partial charge in [-0.1, -0.05) is 44.5 Å². The van der Waals surface area contributed by atoms with Gasteiger partial charge >= 0.3 is 5.97 Å². The highest BCUT2D eigenvalue weighted by atomic mass is 32.2. The molecule has 2 aromatic heterocycles. The number of halogens is 2. The lowest BCUT2D eigenvalue weighted by Crippen LogP contribution is -2.33. The fourth-order valence-corrected chi connectivity index (χ4v) is 8.91. The van der Waals surface area contributed by atoms with Gasteiger partial charge in [0.05, 0.1) is 17.1 Å². The normalized spacial score (nSPS) is 19.1. The molecule has 0 aliphatic carbocycles. The van der Waals surface area contributed by atoms with E-state index >= 15 is 8.78 Å². The highest BCUT2D eigenvalue weighted by molar-refractivity contribution is 7.91. The summed E-state index contributed by atoms with van der Waals surface area (Å²) in [6.45, 7) is 3.71. The summed E-state index contributed by atoms with van der Waals surface area (Å²) in [6.07, 6.45) is 3.54. The number of carboxylic acids is 1. The number of fused-ring (bicyclic) bond motifs is 8. The number of aliphatic carboxylic acids is 1. The molecule has 1 atom stereocenters. The molecule has 1 aliphatic rings. The van der Waals surface area contributed by atoms with E-state index in [2.05, 4.69) is 10.1 Å². The Balaban J connectivity index is 1.52. The van der Waals surface area contributed by atoms with E-state index in [-0.39, 0.29) is 65.9 Å². The van der Waals surface area contributed by atoms with Crippen LogP contribution in [-0.2, 0) is 44.7 Å². The first-order valence-corrected chi connectivity index (χ1v) is 18.2. The van der Waals surface area contributed by atoms with Crippen molar-refractivity contribution in [2.75, 3.05) is 11.5 Å². The van der Waals surface area contributed by atoms with Crippen LogP contribution >= 0.6 is 0 Å². The number of hydrogen-bond acceptors (Lipinski definition) is 7. The predicted octanol–water partition coefficient (Wildman–Crippen LogP) is 6.70. The highest BCUT2D eigenvalue weighted by Crippen LogP contribution is 2.40. The zero-order chi connectivity index (χ0) is 35.8. The number of nitrogens with one attached hydrogen (secondary N) is 1. The Morgan fingerprint density at radius 2 is 1.90 bits per heavy atom. The number of carboxylic acid groups (broad SMARTS) is 1. The van der Waals surface area contributed by atoms with Gasteiger partial charge in [-0.15, -0.1) is 0 Å². The fourth-order valence-electron chi connectivity index (χ4n) is 6.91. The Morgan fingerprint density at radius 3 is 2.66 bits per heavy atom. The van der Waals surface area contributed by atoms with E-state index in [4.69, 9.17) is 9.72 Å². The second-order valence-electron chi connectivity index (χ2n) is 13.8. The zero-order valence-corrected chi connectivity index (χ0v) is 28.8. The van der Waals surface area contributed by atoms with Gasteiger partial charge in [-0.25, -0.2) is 26.9 Å². The number of carbonyl (C=O) groups is 2. The maximum Gasteiger partial charge on any atom is 0.303 e. The molecule has 1 aliphatic heterocycles. The molecule has 10 nitrogen and oxygen atoms in total. The maximum atomic E-state index is 15.7. The molecule has 0 amide bonds. The minimum absolute atomic E-state index is 0.00624. The average molecular weight is 705 g/mol.